The van der Waals surface area contributed by atoms with Crippen molar-refractivity contribution in [3.05, 3.63) is 64.1 Å². The van der Waals surface area contributed by atoms with E-state index in [2.05, 4.69) is 10.6 Å². The first-order chi connectivity index (χ1) is 10.1. The van der Waals surface area contributed by atoms with Crippen LogP contribution in [0.1, 0.15) is 5.56 Å². The molecule has 0 aliphatic carbocycles. The molecular formula is C15H12Cl2N2OS. The third-order valence-corrected chi connectivity index (χ3v) is 3.68. The minimum Gasteiger partial charge on any atom is -0.331 e. The molecule has 0 saturated heterocycles. The number of hydrogen-bond donors (Lipinski definition) is 2. The second kappa shape index (κ2) is 7.41. The fourth-order valence-electron chi connectivity index (χ4n) is 1.71. The van der Waals surface area contributed by atoms with Crippen molar-refractivity contribution < 1.29 is 4.79 Å². The highest BCUT2D eigenvalue weighted by Crippen LogP contribution is 2.29. The molecule has 0 radical (unpaired) electrons. The van der Waals surface area contributed by atoms with E-state index < -0.39 is 0 Å². The Morgan fingerprint density at radius 3 is 2.48 bits per heavy atom. The van der Waals surface area contributed by atoms with E-state index >= 15 is 0 Å². The van der Waals surface area contributed by atoms with Crippen LogP contribution in [0.2, 0.25) is 10.0 Å². The first-order valence-electron chi connectivity index (χ1n) is 6.15. The molecule has 2 N–H and O–H groups in total. The van der Waals surface area contributed by atoms with Crippen LogP contribution in [0.25, 0.3) is 0 Å². The normalized spacial score (nSPS) is 10.0. The molecule has 0 aliphatic rings. The molecule has 108 valence electrons. The van der Waals surface area contributed by atoms with E-state index in [4.69, 9.17) is 35.4 Å². The largest absolute Gasteiger partial charge is 0.331 e. The summed E-state index contributed by atoms with van der Waals surface area (Å²) < 4.78 is 0. The van der Waals surface area contributed by atoms with Gasteiger partial charge in [0.05, 0.1) is 22.2 Å². The van der Waals surface area contributed by atoms with Crippen molar-refractivity contribution in [2.24, 2.45) is 0 Å². The van der Waals surface area contributed by atoms with Crippen molar-refractivity contribution in [3.8, 4) is 0 Å². The van der Waals surface area contributed by atoms with E-state index in [0.717, 1.165) is 5.56 Å². The Labute approximate surface area is 138 Å². The predicted octanol–water partition coefficient (Wildman–Crippen LogP) is 4.05. The van der Waals surface area contributed by atoms with Crippen LogP contribution in [0.3, 0.4) is 0 Å². The van der Waals surface area contributed by atoms with Gasteiger partial charge >= 0.3 is 0 Å². The number of thiocarbonyl (C=S) groups is 1. The number of amides is 1. The third-order valence-electron chi connectivity index (χ3n) is 2.66. The summed E-state index contributed by atoms with van der Waals surface area (Å²) in [6.45, 7) is 0. The molecule has 0 spiro atoms. The van der Waals surface area contributed by atoms with Crippen LogP contribution in [0, 0.1) is 0 Å². The van der Waals surface area contributed by atoms with Gasteiger partial charge in [-0.1, -0.05) is 59.6 Å². The maximum atomic E-state index is 11.9. The molecule has 1 amide bonds. The molecule has 3 nitrogen and oxygen atoms in total. The van der Waals surface area contributed by atoms with Gasteiger partial charge in [-0.2, -0.15) is 0 Å². The second-order valence-corrected chi connectivity index (χ2v) is 5.46. The van der Waals surface area contributed by atoms with Gasteiger partial charge in [-0.25, -0.2) is 0 Å². The maximum Gasteiger partial charge on any atom is 0.230 e. The van der Waals surface area contributed by atoms with Gasteiger partial charge in [-0.15, -0.1) is 0 Å². The van der Waals surface area contributed by atoms with Crippen molar-refractivity contribution in [1.82, 2.24) is 5.32 Å². The summed E-state index contributed by atoms with van der Waals surface area (Å²) in [4.78, 5) is 11.9. The van der Waals surface area contributed by atoms with Crippen molar-refractivity contribution in [3.63, 3.8) is 0 Å². The van der Waals surface area contributed by atoms with E-state index in [1.54, 1.807) is 18.2 Å². The minimum atomic E-state index is -0.197. The van der Waals surface area contributed by atoms with Gasteiger partial charge in [-0.3, -0.25) is 4.79 Å². The van der Waals surface area contributed by atoms with Gasteiger partial charge in [0.25, 0.3) is 0 Å². The zero-order chi connectivity index (χ0) is 15.2. The van der Waals surface area contributed by atoms with Crippen molar-refractivity contribution in [2.45, 2.75) is 6.42 Å². The predicted molar refractivity (Wildman–Crippen MR) is 91.0 cm³/mol. The molecule has 21 heavy (non-hydrogen) atoms. The molecule has 6 heteroatoms. The van der Waals surface area contributed by atoms with Crippen LogP contribution in [0.5, 0.6) is 0 Å². The maximum absolute atomic E-state index is 11.9. The molecular weight excluding hydrogens is 327 g/mol. The third kappa shape index (κ3) is 4.70. The number of halogens is 2. The number of anilines is 1. The molecule has 2 aromatic rings. The van der Waals surface area contributed by atoms with E-state index in [1.807, 2.05) is 30.3 Å². The van der Waals surface area contributed by atoms with E-state index in [-0.39, 0.29) is 17.4 Å². The first-order valence-corrected chi connectivity index (χ1v) is 7.31. The van der Waals surface area contributed by atoms with Crippen molar-refractivity contribution in [1.29, 1.82) is 0 Å². The summed E-state index contributed by atoms with van der Waals surface area (Å²) in [5.41, 5.74) is 1.47. The number of benzene rings is 2. The first kappa shape index (κ1) is 15.8. The monoisotopic (exact) mass is 338 g/mol. The standard InChI is InChI=1S/C15H12Cl2N2OS/c16-11-7-4-8-12(14(11)17)18-15(21)19-13(20)9-10-5-2-1-3-6-10/h1-8H,9H2,(H2,18,19,20,21). The zero-order valence-corrected chi connectivity index (χ0v) is 13.2. The van der Waals surface area contributed by atoms with E-state index in [1.165, 1.54) is 0 Å². The average molecular weight is 339 g/mol. The van der Waals surface area contributed by atoms with Gasteiger partial charge in [-0.05, 0) is 29.9 Å². The SMILES string of the molecule is O=C(Cc1ccccc1)NC(=S)Nc1cccc(Cl)c1Cl. The summed E-state index contributed by atoms with van der Waals surface area (Å²) in [5.74, 6) is -0.197. The Hall–Kier alpha value is -1.62. The van der Waals surface area contributed by atoms with Crippen LogP contribution >= 0.6 is 35.4 Å². The van der Waals surface area contributed by atoms with E-state index in [9.17, 15) is 4.79 Å². The summed E-state index contributed by atoms with van der Waals surface area (Å²) in [6.07, 6.45) is 0.256. The van der Waals surface area contributed by atoms with E-state index in [0.29, 0.717) is 15.7 Å². The minimum absolute atomic E-state index is 0.181. The Kier molecular flexibility index (Phi) is 5.56. The highest BCUT2D eigenvalue weighted by atomic mass is 35.5. The number of carbonyl (C=O) groups excluding carboxylic acids is 1. The lowest BCUT2D eigenvalue weighted by atomic mass is 10.1. The van der Waals surface area contributed by atoms with Crippen molar-refractivity contribution >= 4 is 52.1 Å². The number of rotatable bonds is 3. The highest BCUT2D eigenvalue weighted by Gasteiger charge is 2.09. The Morgan fingerprint density at radius 2 is 1.76 bits per heavy atom. The highest BCUT2D eigenvalue weighted by molar-refractivity contribution is 7.80. The molecule has 0 heterocycles. The molecule has 2 rings (SSSR count). The number of hydrogen-bond acceptors (Lipinski definition) is 2. The second-order valence-electron chi connectivity index (χ2n) is 4.27. The van der Waals surface area contributed by atoms with Crippen LogP contribution in [0.4, 0.5) is 5.69 Å². The smallest absolute Gasteiger partial charge is 0.230 e. The van der Waals surface area contributed by atoms with Crippen LogP contribution in [-0.2, 0) is 11.2 Å². The van der Waals surface area contributed by atoms with Crippen LogP contribution in [0.15, 0.2) is 48.5 Å². The topological polar surface area (TPSA) is 41.1 Å². The fourth-order valence-corrected chi connectivity index (χ4v) is 2.28. The summed E-state index contributed by atoms with van der Waals surface area (Å²) in [5, 5.41) is 6.41. The van der Waals surface area contributed by atoms with Gasteiger partial charge in [0.2, 0.25) is 5.91 Å². The average Bonchev–Trinajstić information content (AvgIpc) is 2.44. The fraction of sp³-hybridized carbons (Fsp3) is 0.0667. The Bertz CT molecular complexity index is 662. The molecule has 0 unspecified atom stereocenters. The molecule has 0 aromatic heterocycles. The van der Waals surface area contributed by atoms with Crippen molar-refractivity contribution in [2.75, 3.05) is 5.32 Å². The lowest BCUT2D eigenvalue weighted by molar-refractivity contribution is -0.119. The van der Waals surface area contributed by atoms with Gasteiger partial charge in [0.1, 0.15) is 0 Å². The quantitative estimate of drug-likeness (QED) is 0.829. The molecule has 0 fully saturated rings. The van der Waals surface area contributed by atoms with Crippen LogP contribution < -0.4 is 10.6 Å². The molecule has 0 atom stereocenters. The summed E-state index contributed by atoms with van der Waals surface area (Å²) in [7, 11) is 0. The Balaban J connectivity index is 1.92. The number of carbonyl (C=O) groups is 1. The number of nitrogens with one attached hydrogen (secondary N) is 2. The lowest BCUT2D eigenvalue weighted by Crippen LogP contribution is -2.35. The van der Waals surface area contributed by atoms with Crippen LogP contribution in [-0.4, -0.2) is 11.0 Å². The zero-order valence-electron chi connectivity index (χ0n) is 10.9. The lowest BCUT2D eigenvalue weighted by Gasteiger charge is -2.11. The van der Waals surface area contributed by atoms with Gasteiger partial charge in [0.15, 0.2) is 5.11 Å². The molecule has 2 aromatic carbocycles. The van der Waals surface area contributed by atoms with Gasteiger partial charge in [0, 0.05) is 0 Å². The summed E-state index contributed by atoms with van der Waals surface area (Å²) >= 11 is 17.0. The Morgan fingerprint density at radius 1 is 1.05 bits per heavy atom. The molecule has 0 aliphatic heterocycles. The molecule has 0 bridgehead atoms. The summed E-state index contributed by atoms with van der Waals surface area (Å²) in [6, 6.07) is 14.6. The molecule has 0 saturated carbocycles. The van der Waals surface area contributed by atoms with Gasteiger partial charge < -0.3 is 10.6 Å².